The molecule has 0 aliphatic carbocycles. The molecule has 104 valence electrons. The monoisotopic (exact) mass is 287 g/mol. The van der Waals surface area contributed by atoms with E-state index in [1.54, 1.807) is 11.9 Å². The third-order valence-electron chi connectivity index (χ3n) is 2.97. The van der Waals surface area contributed by atoms with Gasteiger partial charge in [0.1, 0.15) is 5.75 Å². The van der Waals surface area contributed by atoms with E-state index in [9.17, 15) is 9.00 Å². The van der Waals surface area contributed by atoms with Gasteiger partial charge in [-0.15, -0.1) is 0 Å². The van der Waals surface area contributed by atoms with Crippen LogP contribution in [0, 0.1) is 0 Å². The van der Waals surface area contributed by atoms with Gasteiger partial charge >= 0.3 is 0 Å². The topological polar surface area (TPSA) is 37.4 Å². The van der Waals surface area contributed by atoms with Crippen molar-refractivity contribution in [1.82, 2.24) is 0 Å². The van der Waals surface area contributed by atoms with Crippen LogP contribution in [0.1, 0.15) is 5.56 Å². The maximum absolute atomic E-state index is 12.1. The Bertz CT molecular complexity index is 584. The lowest BCUT2D eigenvalue weighted by molar-refractivity contribution is -0.115. The summed E-state index contributed by atoms with van der Waals surface area (Å²) in [5.74, 6) is 0.320. The van der Waals surface area contributed by atoms with Crippen molar-refractivity contribution in [2.24, 2.45) is 0 Å². The van der Waals surface area contributed by atoms with E-state index in [1.807, 2.05) is 60.7 Å². The van der Waals surface area contributed by atoms with Gasteiger partial charge in [0.2, 0.25) is 5.91 Å². The van der Waals surface area contributed by atoms with E-state index >= 15 is 0 Å². The Labute approximate surface area is 121 Å². The smallest absolute Gasteiger partial charge is 0.239 e. The second-order valence-corrected chi connectivity index (χ2v) is 5.96. The molecule has 4 heteroatoms. The van der Waals surface area contributed by atoms with Gasteiger partial charge in [-0.3, -0.25) is 9.00 Å². The van der Waals surface area contributed by atoms with E-state index in [2.05, 4.69) is 0 Å². The molecule has 2 aromatic carbocycles. The third kappa shape index (κ3) is 4.03. The summed E-state index contributed by atoms with van der Waals surface area (Å²) < 4.78 is 12.0. The average molecular weight is 287 g/mol. The fourth-order valence-corrected chi connectivity index (χ4v) is 2.98. The molecular formula is C16H17NO2S. The number of para-hydroxylation sites is 1. The molecule has 0 bridgehead atoms. The largest absolute Gasteiger partial charge is 0.315 e. The number of carbonyl (C=O) groups excluding carboxylic acids is 1. The minimum Gasteiger partial charge on any atom is -0.315 e. The molecule has 0 saturated heterocycles. The van der Waals surface area contributed by atoms with Crippen LogP contribution in [0.25, 0.3) is 0 Å². The molecule has 0 saturated carbocycles. The zero-order chi connectivity index (χ0) is 14.4. The third-order valence-corrected chi connectivity index (χ3v) is 4.20. The highest BCUT2D eigenvalue weighted by molar-refractivity contribution is 7.84. The number of benzene rings is 2. The first kappa shape index (κ1) is 14.5. The minimum atomic E-state index is -1.19. The van der Waals surface area contributed by atoms with Gasteiger partial charge in [-0.05, 0) is 17.7 Å². The standard InChI is InChI=1S/C16H17NO2S/c1-17(15-10-6-3-7-11-15)16(18)13-20(19)12-14-8-4-2-5-9-14/h2-11H,12-13H2,1H3. The van der Waals surface area contributed by atoms with E-state index in [0.29, 0.717) is 5.75 Å². The number of carbonyl (C=O) groups is 1. The highest BCUT2D eigenvalue weighted by atomic mass is 32.2. The van der Waals surface area contributed by atoms with Crippen LogP contribution in [0.15, 0.2) is 60.7 Å². The first-order chi connectivity index (χ1) is 9.66. The molecule has 0 aliphatic heterocycles. The highest BCUT2D eigenvalue weighted by Gasteiger charge is 2.14. The van der Waals surface area contributed by atoms with E-state index in [-0.39, 0.29) is 11.7 Å². The maximum atomic E-state index is 12.1. The number of hydrogen-bond acceptors (Lipinski definition) is 2. The van der Waals surface area contributed by atoms with Crippen LogP contribution in [0.5, 0.6) is 0 Å². The first-order valence-electron chi connectivity index (χ1n) is 6.37. The predicted molar refractivity (Wildman–Crippen MR) is 83.0 cm³/mol. The van der Waals surface area contributed by atoms with E-state index in [1.165, 1.54) is 0 Å². The molecule has 3 nitrogen and oxygen atoms in total. The Morgan fingerprint density at radius 2 is 1.55 bits per heavy atom. The Balaban J connectivity index is 1.93. The molecule has 0 spiro atoms. The molecule has 1 amide bonds. The van der Waals surface area contributed by atoms with E-state index in [0.717, 1.165) is 11.3 Å². The summed E-state index contributed by atoms with van der Waals surface area (Å²) in [5, 5.41) is 0. The summed E-state index contributed by atoms with van der Waals surface area (Å²) in [6.45, 7) is 0. The molecule has 2 rings (SSSR count). The molecule has 1 atom stereocenters. The molecule has 2 aromatic rings. The number of nitrogens with zero attached hydrogens (tertiary/aromatic N) is 1. The van der Waals surface area contributed by atoms with Gasteiger partial charge in [0.15, 0.2) is 0 Å². The lowest BCUT2D eigenvalue weighted by Crippen LogP contribution is -2.30. The molecule has 0 aromatic heterocycles. The number of amides is 1. The molecule has 0 N–H and O–H groups in total. The molecule has 0 fully saturated rings. The minimum absolute atomic E-state index is 0.0420. The predicted octanol–water partition coefficient (Wildman–Crippen LogP) is 2.60. The van der Waals surface area contributed by atoms with Crippen molar-refractivity contribution in [2.75, 3.05) is 17.7 Å². The Morgan fingerprint density at radius 1 is 1.00 bits per heavy atom. The normalized spacial score (nSPS) is 11.8. The van der Waals surface area contributed by atoms with Crippen LogP contribution in [0.4, 0.5) is 5.69 Å². The SMILES string of the molecule is CN(C(=O)CS(=O)Cc1ccccc1)c1ccccc1. The Hall–Kier alpha value is -1.94. The maximum Gasteiger partial charge on any atom is 0.239 e. The molecule has 0 radical (unpaired) electrons. The fraction of sp³-hybridized carbons (Fsp3) is 0.188. The van der Waals surface area contributed by atoms with Gasteiger partial charge in [-0.1, -0.05) is 48.5 Å². The Morgan fingerprint density at radius 3 is 2.15 bits per heavy atom. The van der Waals surface area contributed by atoms with Crippen LogP contribution >= 0.6 is 0 Å². The molecule has 0 heterocycles. The lowest BCUT2D eigenvalue weighted by atomic mass is 10.2. The van der Waals surface area contributed by atoms with Gasteiger partial charge < -0.3 is 4.90 Å². The molecular weight excluding hydrogens is 270 g/mol. The van der Waals surface area contributed by atoms with Crippen molar-refractivity contribution < 1.29 is 9.00 Å². The zero-order valence-corrected chi connectivity index (χ0v) is 12.2. The van der Waals surface area contributed by atoms with Crippen LogP contribution < -0.4 is 4.90 Å². The second-order valence-electron chi connectivity index (χ2n) is 4.50. The van der Waals surface area contributed by atoms with Crippen LogP contribution in [-0.2, 0) is 21.3 Å². The number of anilines is 1. The summed E-state index contributed by atoms with van der Waals surface area (Å²) in [6.07, 6.45) is 0. The van der Waals surface area contributed by atoms with Crippen molar-refractivity contribution in [3.05, 3.63) is 66.2 Å². The first-order valence-corrected chi connectivity index (χ1v) is 7.86. The summed E-state index contributed by atoms with van der Waals surface area (Å²) in [4.78, 5) is 13.6. The summed E-state index contributed by atoms with van der Waals surface area (Å²) in [5.41, 5.74) is 1.80. The highest BCUT2D eigenvalue weighted by Crippen LogP contribution is 2.12. The molecule has 20 heavy (non-hydrogen) atoms. The van der Waals surface area contributed by atoms with Gasteiger partial charge in [0.05, 0.1) is 0 Å². The Kier molecular flexibility index (Phi) is 5.07. The number of rotatable bonds is 5. The summed E-state index contributed by atoms with van der Waals surface area (Å²) >= 11 is 0. The summed E-state index contributed by atoms with van der Waals surface area (Å²) in [7, 11) is 0.519. The quantitative estimate of drug-likeness (QED) is 0.847. The van der Waals surface area contributed by atoms with Crippen LogP contribution in [0.2, 0.25) is 0 Å². The van der Waals surface area contributed by atoms with Crippen molar-refractivity contribution in [1.29, 1.82) is 0 Å². The van der Waals surface area contributed by atoms with Gasteiger partial charge in [-0.25, -0.2) is 0 Å². The fourth-order valence-electron chi connectivity index (χ4n) is 1.84. The van der Waals surface area contributed by atoms with Crippen molar-refractivity contribution in [2.45, 2.75) is 5.75 Å². The lowest BCUT2D eigenvalue weighted by Gasteiger charge is -2.16. The van der Waals surface area contributed by atoms with Gasteiger partial charge in [-0.2, -0.15) is 0 Å². The van der Waals surface area contributed by atoms with E-state index in [4.69, 9.17) is 0 Å². The molecule has 0 aliphatic rings. The van der Waals surface area contributed by atoms with Crippen molar-refractivity contribution in [3.63, 3.8) is 0 Å². The van der Waals surface area contributed by atoms with Gasteiger partial charge in [0.25, 0.3) is 0 Å². The van der Waals surface area contributed by atoms with Gasteiger partial charge in [0, 0.05) is 29.3 Å². The molecule has 1 unspecified atom stereocenters. The van der Waals surface area contributed by atoms with Crippen molar-refractivity contribution in [3.8, 4) is 0 Å². The summed E-state index contributed by atoms with van der Waals surface area (Å²) in [6, 6.07) is 18.9. The number of hydrogen-bond donors (Lipinski definition) is 0. The van der Waals surface area contributed by atoms with Crippen LogP contribution in [0.3, 0.4) is 0 Å². The van der Waals surface area contributed by atoms with Crippen molar-refractivity contribution >= 4 is 22.4 Å². The average Bonchev–Trinajstić information content (AvgIpc) is 2.48. The van der Waals surface area contributed by atoms with Crippen LogP contribution in [-0.4, -0.2) is 22.9 Å². The zero-order valence-electron chi connectivity index (χ0n) is 11.4. The van der Waals surface area contributed by atoms with E-state index < -0.39 is 10.8 Å². The second kappa shape index (κ2) is 7.01.